The van der Waals surface area contributed by atoms with E-state index in [2.05, 4.69) is 48.5 Å². The number of rotatable bonds is 2. The molecule has 0 amide bonds. The van der Waals surface area contributed by atoms with Gasteiger partial charge in [-0.3, -0.25) is 4.55 Å². The highest BCUT2D eigenvalue weighted by Crippen LogP contribution is 2.17. The molecule has 3 aromatic carbocycles. The van der Waals surface area contributed by atoms with Crippen molar-refractivity contribution in [1.29, 1.82) is 0 Å². The minimum Gasteiger partial charge on any atom is -0.282 e. The van der Waals surface area contributed by atoms with Gasteiger partial charge in [-0.25, -0.2) is 0 Å². The zero-order valence-corrected chi connectivity index (χ0v) is 12.6. The molecule has 3 aromatic rings. The van der Waals surface area contributed by atoms with E-state index in [0.717, 1.165) is 0 Å². The van der Waals surface area contributed by atoms with Gasteiger partial charge in [0.2, 0.25) is 0 Å². The molecule has 0 aliphatic rings. The molecular weight excluding hydrogens is 296 g/mol. The highest BCUT2D eigenvalue weighted by atomic mass is 32.2. The van der Waals surface area contributed by atoms with E-state index in [9.17, 15) is 8.42 Å². The SMILES string of the molecule is O=S(=O)(O)c1ccccc1.c1ccc(-c2ccccc2)cc1. The lowest BCUT2D eigenvalue weighted by molar-refractivity contribution is 0.483. The first-order chi connectivity index (χ1) is 10.6. The van der Waals surface area contributed by atoms with Gasteiger partial charge in [0.1, 0.15) is 0 Å². The van der Waals surface area contributed by atoms with Crippen LogP contribution in [0.3, 0.4) is 0 Å². The molecule has 0 radical (unpaired) electrons. The predicted octanol–water partition coefficient (Wildman–Crippen LogP) is 4.29. The fourth-order valence-electron chi connectivity index (χ4n) is 1.85. The van der Waals surface area contributed by atoms with Crippen molar-refractivity contribution in [3.8, 4) is 11.1 Å². The van der Waals surface area contributed by atoms with Crippen molar-refractivity contribution >= 4 is 10.1 Å². The quantitative estimate of drug-likeness (QED) is 0.718. The van der Waals surface area contributed by atoms with E-state index in [1.165, 1.54) is 23.3 Å². The van der Waals surface area contributed by atoms with E-state index in [0.29, 0.717) is 0 Å². The van der Waals surface area contributed by atoms with Crippen LogP contribution in [-0.2, 0) is 10.1 Å². The molecule has 0 fully saturated rings. The van der Waals surface area contributed by atoms with E-state index in [1.54, 1.807) is 18.2 Å². The first kappa shape index (κ1) is 15.9. The molecule has 112 valence electrons. The summed E-state index contributed by atoms with van der Waals surface area (Å²) in [7, 11) is -4.00. The molecule has 1 N–H and O–H groups in total. The largest absolute Gasteiger partial charge is 0.294 e. The van der Waals surface area contributed by atoms with Gasteiger partial charge in [0.05, 0.1) is 4.90 Å². The van der Waals surface area contributed by atoms with Gasteiger partial charge in [-0.1, -0.05) is 78.9 Å². The van der Waals surface area contributed by atoms with Crippen LogP contribution in [0.4, 0.5) is 0 Å². The van der Waals surface area contributed by atoms with E-state index < -0.39 is 10.1 Å². The Morgan fingerprint density at radius 1 is 0.545 bits per heavy atom. The maximum atomic E-state index is 10.4. The average Bonchev–Trinajstić information content (AvgIpc) is 2.57. The second kappa shape index (κ2) is 7.54. The van der Waals surface area contributed by atoms with Crippen LogP contribution in [0.1, 0.15) is 0 Å². The average molecular weight is 312 g/mol. The summed E-state index contributed by atoms with van der Waals surface area (Å²) in [6.07, 6.45) is 0. The highest BCUT2D eigenvalue weighted by Gasteiger charge is 2.05. The number of hydrogen-bond donors (Lipinski definition) is 1. The lowest BCUT2D eigenvalue weighted by Crippen LogP contribution is -1.96. The Labute approximate surface area is 130 Å². The predicted molar refractivity (Wildman–Crippen MR) is 88.1 cm³/mol. The van der Waals surface area contributed by atoms with E-state index in [-0.39, 0.29) is 4.90 Å². The van der Waals surface area contributed by atoms with Crippen molar-refractivity contribution < 1.29 is 13.0 Å². The first-order valence-electron chi connectivity index (χ1n) is 6.70. The van der Waals surface area contributed by atoms with Crippen LogP contribution in [0.2, 0.25) is 0 Å². The first-order valence-corrected chi connectivity index (χ1v) is 8.14. The number of benzene rings is 3. The van der Waals surface area contributed by atoms with Crippen LogP contribution in [0.25, 0.3) is 11.1 Å². The second-order valence-corrected chi connectivity index (χ2v) is 5.94. The normalized spacial score (nSPS) is 10.4. The topological polar surface area (TPSA) is 54.4 Å². The molecule has 22 heavy (non-hydrogen) atoms. The molecule has 0 unspecified atom stereocenters. The van der Waals surface area contributed by atoms with Crippen molar-refractivity contribution in [2.75, 3.05) is 0 Å². The van der Waals surface area contributed by atoms with Crippen molar-refractivity contribution in [2.45, 2.75) is 4.90 Å². The summed E-state index contributed by atoms with van der Waals surface area (Å²) >= 11 is 0. The molecule has 4 heteroatoms. The molecule has 0 aliphatic heterocycles. The summed E-state index contributed by atoms with van der Waals surface area (Å²) in [5.74, 6) is 0. The van der Waals surface area contributed by atoms with Gasteiger partial charge in [-0.05, 0) is 23.3 Å². The van der Waals surface area contributed by atoms with Crippen molar-refractivity contribution in [3.05, 3.63) is 91.0 Å². The minimum absolute atomic E-state index is 0.0741. The summed E-state index contributed by atoms with van der Waals surface area (Å²) in [4.78, 5) is -0.0741. The fraction of sp³-hybridized carbons (Fsp3) is 0. The lowest BCUT2D eigenvalue weighted by atomic mass is 10.1. The second-order valence-electron chi connectivity index (χ2n) is 4.52. The van der Waals surface area contributed by atoms with E-state index in [4.69, 9.17) is 4.55 Å². The van der Waals surface area contributed by atoms with Crippen LogP contribution >= 0.6 is 0 Å². The van der Waals surface area contributed by atoms with Crippen LogP contribution in [0.5, 0.6) is 0 Å². The maximum absolute atomic E-state index is 10.4. The van der Waals surface area contributed by atoms with Gasteiger partial charge in [0.25, 0.3) is 10.1 Å². The van der Waals surface area contributed by atoms with Crippen LogP contribution in [0, 0.1) is 0 Å². The molecule has 0 atom stereocenters. The molecule has 3 rings (SSSR count). The lowest BCUT2D eigenvalue weighted by Gasteiger charge is -1.98. The van der Waals surface area contributed by atoms with Gasteiger partial charge in [0, 0.05) is 0 Å². The molecule has 0 aliphatic carbocycles. The highest BCUT2D eigenvalue weighted by molar-refractivity contribution is 7.85. The third-order valence-electron chi connectivity index (χ3n) is 2.92. The Kier molecular flexibility index (Phi) is 5.47. The molecule has 0 aromatic heterocycles. The van der Waals surface area contributed by atoms with Crippen molar-refractivity contribution in [2.24, 2.45) is 0 Å². The molecule has 0 bridgehead atoms. The zero-order chi connectivity index (χ0) is 15.8. The molecule has 0 spiro atoms. The molecule has 0 heterocycles. The smallest absolute Gasteiger partial charge is 0.282 e. The number of hydrogen-bond acceptors (Lipinski definition) is 2. The molecular formula is C18H16O3S. The summed E-state index contributed by atoms with van der Waals surface area (Å²) in [6.45, 7) is 0. The maximum Gasteiger partial charge on any atom is 0.294 e. The Bertz CT molecular complexity index is 746. The van der Waals surface area contributed by atoms with Gasteiger partial charge >= 0.3 is 0 Å². The summed E-state index contributed by atoms with van der Waals surface area (Å²) in [5, 5.41) is 0. The molecule has 0 saturated heterocycles. The van der Waals surface area contributed by atoms with Crippen LogP contribution in [0.15, 0.2) is 95.9 Å². The monoisotopic (exact) mass is 312 g/mol. The third kappa shape index (κ3) is 4.84. The summed E-state index contributed by atoms with van der Waals surface area (Å²) < 4.78 is 29.2. The van der Waals surface area contributed by atoms with Gasteiger partial charge in [0.15, 0.2) is 0 Å². The van der Waals surface area contributed by atoms with Crippen LogP contribution in [-0.4, -0.2) is 13.0 Å². The molecule has 3 nitrogen and oxygen atoms in total. The fourth-order valence-corrected chi connectivity index (χ4v) is 2.35. The Morgan fingerprint density at radius 3 is 1.14 bits per heavy atom. The summed E-state index contributed by atoms with van der Waals surface area (Å²) in [6, 6.07) is 28.2. The standard InChI is InChI=1S/C12H10.C6H6O3S/c1-3-7-11(8-4-1)12-9-5-2-6-10-12;7-10(8,9)6-4-2-1-3-5-6/h1-10H;1-5H,(H,7,8,9). The van der Waals surface area contributed by atoms with Gasteiger partial charge in [-0.15, -0.1) is 0 Å². The van der Waals surface area contributed by atoms with Gasteiger partial charge in [-0.2, -0.15) is 8.42 Å². The Morgan fingerprint density at radius 2 is 0.864 bits per heavy atom. The Balaban J connectivity index is 0.000000164. The van der Waals surface area contributed by atoms with Crippen molar-refractivity contribution in [1.82, 2.24) is 0 Å². The van der Waals surface area contributed by atoms with E-state index in [1.807, 2.05) is 12.1 Å². The zero-order valence-electron chi connectivity index (χ0n) is 11.8. The molecule has 0 saturated carbocycles. The Hall–Kier alpha value is -2.43. The van der Waals surface area contributed by atoms with Gasteiger partial charge < -0.3 is 0 Å². The van der Waals surface area contributed by atoms with E-state index >= 15 is 0 Å². The minimum atomic E-state index is -4.00. The van der Waals surface area contributed by atoms with Crippen molar-refractivity contribution in [3.63, 3.8) is 0 Å². The summed E-state index contributed by atoms with van der Waals surface area (Å²) in [5.41, 5.74) is 2.55. The third-order valence-corrected chi connectivity index (χ3v) is 3.79. The van der Waals surface area contributed by atoms with Crippen LogP contribution < -0.4 is 0 Å².